The number of thioether (sulfide) groups is 2. The number of rotatable bonds is 11. The largest absolute Gasteiger partial charge is 0.354 e. The number of guanidine groups is 1. The zero-order valence-corrected chi connectivity index (χ0v) is 20.8. The number of H-pyrrole nitrogens is 2. The van der Waals surface area contributed by atoms with Crippen LogP contribution in [0.15, 0.2) is 17.6 Å². The SMILES string of the molecule is CONC(=NCCSCc1nc[nH]c1C)NCCSCc1nc[nH]c1C.Cl.Cl.Cl. The number of nitrogens with one attached hydrogen (secondary N) is 4. The zero-order valence-electron chi connectivity index (χ0n) is 16.7. The van der Waals surface area contributed by atoms with Crippen LogP contribution in [0.1, 0.15) is 22.8 Å². The van der Waals surface area contributed by atoms with Crippen molar-refractivity contribution in [2.24, 2.45) is 4.99 Å². The molecule has 4 N–H and O–H groups in total. The van der Waals surface area contributed by atoms with Crippen LogP contribution in [0.2, 0.25) is 0 Å². The second-order valence-corrected chi connectivity index (χ2v) is 7.73. The first kappa shape index (κ1) is 30.4. The number of aryl methyl sites for hydroxylation is 2. The average molecular weight is 507 g/mol. The summed E-state index contributed by atoms with van der Waals surface area (Å²) in [6.45, 7) is 5.60. The molecule has 0 atom stereocenters. The molecule has 0 aliphatic rings. The lowest BCUT2D eigenvalue weighted by atomic mass is 10.4. The predicted molar refractivity (Wildman–Crippen MR) is 131 cm³/mol. The Morgan fingerprint density at radius 2 is 1.55 bits per heavy atom. The number of nitrogens with zero attached hydrogens (tertiary/aromatic N) is 3. The number of hydroxylamine groups is 1. The van der Waals surface area contributed by atoms with Crippen LogP contribution in [0.4, 0.5) is 0 Å². The summed E-state index contributed by atoms with van der Waals surface area (Å²) in [5.41, 5.74) is 7.28. The highest BCUT2D eigenvalue weighted by Gasteiger charge is 2.03. The summed E-state index contributed by atoms with van der Waals surface area (Å²) in [6.07, 6.45) is 3.47. The minimum Gasteiger partial charge on any atom is -0.354 e. The van der Waals surface area contributed by atoms with E-state index >= 15 is 0 Å². The molecule has 168 valence electrons. The minimum atomic E-state index is 0. The van der Waals surface area contributed by atoms with Crippen LogP contribution in [0.3, 0.4) is 0 Å². The molecular formula is C16H30Cl3N7OS2. The number of hydrogen-bond acceptors (Lipinski definition) is 6. The topological polar surface area (TPSA) is 103 Å². The Bertz CT molecular complexity index is 685. The van der Waals surface area contributed by atoms with Gasteiger partial charge < -0.3 is 15.3 Å². The van der Waals surface area contributed by atoms with Crippen LogP contribution in [0, 0.1) is 13.8 Å². The highest BCUT2D eigenvalue weighted by atomic mass is 35.5. The van der Waals surface area contributed by atoms with Gasteiger partial charge in [-0.3, -0.25) is 9.83 Å². The van der Waals surface area contributed by atoms with Crippen molar-refractivity contribution >= 4 is 66.7 Å². The Kier molecular flexibility index (Phi) is 18.9. The molecule has 0 saturated heterocycles. The first-order valence-electron chi connectivity index (χ1n) is 8.41. The van der Waals surface area contributed by atoms with E-state index in [2.05, 4.69) is 35.7 Å². The Labute approximate surface area is 199 Å². The Morgan fingerprint density at radius 1 is 1.00 bits per heavy atom. The maximum atomic E-state index is 4.98. The summed E-state index contributed by atoms with van der Waals surface area (Å²) in [6, 6.07) is 0. The van der Waals surface area contributed by atoms with E-state index in [-0.39, 0.29) is 37.2 Å². The molecule has 13 heteroatoms. The van der Waals surface area contributed by atoms with Gasteiger partial charge in [0.1, 0.15) is 0 Å². The van der Waals surface area contributed by atoms with E-state index in [9.17, 15) is 0 Å². The van der Waals surface area contributed by atoms with Crippen molar-refractivity contribution in [1.82, 2.24) is 30.7 Å². The molecule has 2 heterocycles. The fraction of sp³-hybridized carbons (Fsp3) is 0.562. The van der Waals surface area contributed by atoms with Gasteiger partial charge in [-0.15, -0.1) is 37.2 Å². The fourth-order valence-electron chi connectivity index (χ4n) is 2.09. The van der Waals surface area contributed by atoms with Gasteiger partial charge in [-0.2, -0.15) is 23.5 Å². The normalized spacial score (nSPS) is 10.5. The summed E-state index contributed by atoms with van der Waals surface area (Å²) < 4.78 is 0. The molecule has 29 heavy (non-hydrogen) atoms. The molecule has 8 nitrogen and oxygen atoms in total. The summed E-state index contributed by atoms with van der Waals surface area (Å²) >= 11 is 3.65. The van der Waals surface area contributed by atoms with E-state index in [0.717, 1.165) is 52.3 Å². The minimum absolute atomic E-state index is 0. The summed E-state index contributed by atoms with van der Waals surface area (Å²) in [4.78, 5) is 24.3. The van der Waals surface area contributed by atoms with Crippen LogP contribution in [0.25, 0.3) is 0 Å². The summed E-state index contributed by atoms with van der Waals surface area (Å²) in [5, 5.41) is 3.27. The average Bonchev–Trinajstić information content (AvgIpc) is 3.22. The van der Waals surface area contributed by atoms with Gasteiger partial charge in [-0.25, -0.2) is 15.4 Å². The van der Waals surface area contributed by atoms with Crippen LogP contribution in [0.5, 0.6) is 0 Å². The fourth-order valence-corrected chi connectivity index (χ4v) is 3.81. The third kappa shape index (κ3) is 11.9. The monoisotopic (exact) mass is 505 g/mol. The van der Waals surface area contributed by atoms with Crippen LogP contribution in [-0.4, -0.2) is 57.6 Å². The standard InChI is InChI=1S/C16H27N7OS2.3ClH/c1-12-14(21-10-19-12)8-25-6-4-17-16(23-24-3)18-5-7-26-9-15-13(2)20-11-22-15;;;/h10-11H,4-9H2,1-3H3,(H,19,21)(H,20,22)(H2,17,18,23);3*1H. The number of aromatic nitrogens is 4. The molecule has 0 spiro atoms. The van der Waals surface area contributed by atoms with Gasteiger partial charge in [0, 0.05) is 40.9 Å². The highest BCUT2D eigenvalue weighted by molar-refractivity contribution is 7.98. The second-order valence-electron chi connectivity index (χ2n) is 5.52. The molecule has 2 rings (SSSR count). The van der Waals surface area contributed by atoms with Crippen LogP contribution in [-0.2, 0) is 16.3 Å². The number of halogens is 3. The Hall–Kier alpha value is -0.780. The molecule has 0 saturated carbocycles. The van der Waals surface area contributed by atoms with Crippen molar-refractivity contribution in [2.45, 2.75) is 25.4 Å². The predicted octanol–water partition coefficient (Wildman–Crippen LogP) is 3.28. The molecule has 0 bridgehead atoms. The number of aromatic amines is 2. The maximum absolute atomic E-state index is 4.98. The lowest BCUT2D eigenvalue weighted by Gasteiger charge is -2.10. The van der Waals surface area contributed by atoms with Gasteiger partial charge in [-0.1, -0.05) is 0 Å². The lowest BCUT2D eigenvalue weighted by Crippen LogP contribution is -2.38. The first-order valence-corrected chi connectivity index (χ1v) is 10.7. The van der Waals surface area contributed by atoms with Crippen molar-refractivity contribution < 1.29 is 4.84 Å². The molecule has 2 aromatic heterocycles. The van der Waals surface area contributed by atoms with E-state index < -0.39 is 0 Å². The van der Waals surface area contributed by atoms with E-state index in [0.29, 0.717) is 12.5 Å². The molecular weight excluding hydrogens is 477 g/mol. The van der Waals surface area contributed by atoms with Crippen molar-refractivity contribution in [3.8, 4) is 0 Å². The maximum Gasteiger partial charge on any atom is 0.215 e. The number of hydrogen-bond donors (Lipinski definition) is 4. The number of imidazole rings is 2. The Balaban J connectivity index is 0. The molecule has 0 fully saturated rings. The van der Waals surface area contributed by atoms with E-state index in [1.807, 2.05) is 37.4 Å². The van der Waals surface area contributed by atoms with Gasteiger partial charge in [0.25, 0.3) is 0 Å². The molecule has 0 aliphatic heterocycles. The van der Waals surface area contributed by atoms with Crippen molar-refractivity contribution in [2.75, 3.05) is 31.7 Å². The van der Waals surface area contributed by atoms with Gasteiger partial charge >= 0.3 is 0 Å². The van der Waals surface area contributed by atoms with Gasteiger partial charge in [0.05, 0.1) is 37.7 Å². The van der Waals surface area contributed by atoms with Crippen molar-refractivity contribution in [1.29, 1.82) is 0 Å². The summed E-state index contributed by atoms with van der Waals surface area (Å²) in [5.74, 6) is 4.36. The molecule has 0 unspecified atom stereocenters. The Morgan fingerprint density at radius 3 is 2.03 bits per heavy atom. The lowest BCUT2D eigenvalue weighted by molar-refractivity contribution is 0.141. The van der Waals surface area contributed by atoms with Gasteiger partial charge in [0.2, 0.25) is 5.96 Å². The van der Waals surface area contributed by atoms with Crippen LogP contribution < -0.4 is 10.8 Å². The molecule has 0 amide bonds. The van der Waals surface area contributed by atoms with Gasteiger partial charge in [-0.05, 0) is 13.8 Å². The van der Waals surface area contributed by atoms with Crippen LogP contribution >= 0.6 is 60.7 Å². The third-order valence-electron chi connectivity index (χ3n) is 3.59. The quantitative estimate of drug-likeness (QED) is 0.160. The zero-order chi connectivity index (χ0) is 18.6. The van der Waals surface area contributed by atoms with Gasteiger partial charge in [0.15, 0.2) is 0 Å². The van der Waals surface area contributed by atoms with E-state index in [4.69, 9.17) is 4.84 Å². The van der Waals surface area contributed by atoms with Crippen molar-refractivity contribution in [3.05, 3.63) is 35.4 Å². The highest BCUT2D eigenvalue weighted by Crippen LogP contribution is 2.12. The van der Waals surface area contributed by atoms with E-state index in [1.165, 1.54) is 0 Å². The molecule has 0 aliphatic carbocycles. The molecule has 0 radical (unpaired) electrons. The van der Waals surface area contributed by atoms with E-state index in [1.54, 1.807) is 19.8 Å². The molecule has 0 aromatic carbocycles. The second kappa shape index (κ2) is 18.0. The number of aliphatic imine (C=N–C) groups is 1. The van der Waals surface area contributed by atoms with Crippen molar-refractivity contribution in [3.63, 3.8) is 0 Å². The smallest absolute Gasteiger partial charge is 0.215 e. The first-order chi connectivity index (χ1) is 12.7. The third-order valence-corrected chi connectivity index (χ3v) is 5.51. The molecule has 2 aromatic rings. The summed E-state index contributed by atoms with van der Waals surface area (Å²) in [7, 11) is 1.58.